The van der Waals surface area contributed by atoms with Gasteiger partial charge in [0.25, 0.3) is 5.91 Å². The maximum Gasteiger partial charge on any atom is 0.408 e. The van der Waals surface area contributed by atoms with Gasteiger partial charge in [0.2, 0.25) is 0 Å². The molecule has 0 unspecified atom stereocenters. The Morgan fingerprint density at radius 1 is 1.34 bits per heavy atom. The molecule has 0 spiro atoms. The molecule has 29 heavy (non-hydrogen) atoms. The molecule has 1 aliphatic rings. The van der Waals surface area contributed by atoms with Crippen molar-refractivity contribution in [3.8, 4) is 0 Å². The highest BCUT2D eigenvalue weighted by Crippen LogP contribution is 2.35. The van der Waals surface area contributed by atoms with Crippen molar-refractivity contribution in [2.75, 3.05) is 24.0 Å². The maximum atomic E-state index is 13.4. The quantitative estimate of drug-likeness (QED) is 0.679. The van der Waals surface area contributed by atoms with Crippen molar-refractivity contribution in [3.63, 3.8) is 0 Å². The highest BCUT2D eigenvalue weighted by molar-refractivity contribution is 7.98. The highest BCUT2D eigenvalue weighted by Gasteiger charge is 2.42. The number of alkyl carbamates (subject to hydrolysis) is 1. The summed E-state index contributed by atoms with van der Waals surface area (Å²) < 4.78 is 10.2. The standard InChI is InChI=1S/C20H27ClN2O5S/c1-20(2,3)28-19(26)22-14(8-9-29-5)17(24)23-15-7-6-13(21)10-12(15)11-16(23)18(25)27-4/h6-7,10,14,16H,8-9,11H2,1-5H3,(H,22,26)/t14-,16+/m0/s1. The van der Waals surface area contributed by atoms with Crippen LogP contribution in [-0.4, -0.2) is 54.8 Å². The third-order valence-corrected chi connectivity index (χ3v) is 5.22. The minimum atomic E-state index is -0.842. The average molecular weight is 443 g/mol. The molecule has 0 aromatic heterocycles. The van der Waals surface area contributed by atoms with Gasteiger partial charge in [-0.05, 0) is 63.0 Å². The topological polar surface area (TPSA) is 84.9 Å². The molecule has 1 N–H and O–H groups in total. The van der Waals surface area contributed by atoms with Crippen molar-refractivity contribution in [1.29, 1.82) is 0 Å². The summed E-state index contributed by atoms with van der Waals surface area (Å²) in [7, 11) is 1.28. The molecular weight excluding hydrogens is 416 g/mol. The van der Waals surface area contributed by atoms with E-state index < -0.39 is 29.7 Å². The molecule has 2 rings (SSSR count). The number of hydrogen-bond donors (Lipinski definition) is 1. The number of rotatable bonds is 6. The first-order chi connectivity index (χ1) is 13.6. The average Bonchev–Trinajstić information content (AvgIpc) is 3.00. The van der Waals surface area contributed by atoms with Gasteiger partial charge in [-0.1, -0.05) is 11.6 Å². The molecular formula is C20H27ClN2O5S. The fraction of sp³-hybridized carbons (Fsp3) is 0.550. The number of halogens is 1. The monoisotopic (exact) mass is 442 g/mol. The Labute approximate surface area is 180 Å². The normalized spacial score (nSPS) is 16.8. The summed E-state index contributed by atoms with van der Waals surface area (Å²) in [4.78, 5) is 39.5. The Hall–Kier alpha value is -1.93. The molecule has 1 aliphatic heterocycles. The number of esters is 1. The molecule has 2 atom stereocenters. The molecule has 0 saturated heterocycles. The summed E-state index contributed by atoms with van der Waals surface area (Å²) in [6.07, 6.45) is 1.93. The Bertz CT molecular complexity index is 781. The van der Waals surface area contributed by atoms with E-state index in [4.69, 9.17) is 21.1 Å². The van der Waals surface area contributed by atoms with Gasteiger partial charge < -0.3 is 14.8 Å². The first kappa shape index (κ1) is 23.3. The highest BCUT2D eigenvalue weighted by atomic mass is 35.5. The Kier molecular flexibility index (Phi) is 7.82. The fourth-order valence-electron chi connectivity index (χ4n) is 3.13. The first-order valence-electron chi connectivity index (χ1n) is 9.25. The zero-order valence-corrected chi connectivity index (χ0v) is 18.9. The van der Waals surface area contributed by atoms with Crippen LogP contribution < -0.4 is 10.2 Å². The smallest absolute Gasteiger partial charge is 0.408 e. The number of ether oxygens (including phenoxy) is 2. The van der Waals surface area contributed by atoms with E-state index in [2.05, 4.69) is 5.32 Å². The largest absolute Gasteiger partial charge is 0.467 e. The minimum absolute atomic E-state index is 0.302. The van der Waals surface area contributed by atoms with Gasteiger partial charge in [-0.2, -0.15) is 11.8 Å². The molecule has 1 heterocycles. The first-order valence-corrected chi connectivity index (χ1v) is 11.0. The van der Waals surface area contributed by atoms with Crippen LogP contribution in [0.5, 0.6) is 0 Å². The number of anilines is 1. The van der Waals surface area contributed by atoms with Gasteiger partial charge in [0, 0.05) is 17.1 Å². The minimum Gasteiger partial charge on any atom is -0.467 e. The molecule has 0 aliphatic carbocycles. The number of benzene rings is 1. The summed E-state index contributed by atoms with van der Waals surface area (Å²) >= 11 is 7.63. The molecule has 0 saturated carbocycles. The van der Waals surface area contributed by atoms with Crippen LogP contribution in [0.15, 0.2) is 18.2 Å². The molecule has 1 aromatic rings. The van der Waals surface area contributed by atoms with Gasteiger partial charge in [-0.3, -0.25) is 9.69 Å². The van der Waals surface area contributed by atoms with Gasteiger partial charge in [0.05, 0.1) is 7.11 Å². The summed E-state index contributed by atoms with van der Waals surface area (Å²) in [5, 5.41) is 3.18. The fourth-order valence-corrected chi connectivity index (χ4v) is 3.79. The number of carbonyl (C=O) groups is 3. The summed E-state index contributed by atoms with van der Waals surface area (Å²) in [6, 6.07) is 3.46. The van der Waals surface area contributed by atoms with Gasteiger partial charge in [-0.25, -0.2) is 9.59 Å². The Morgan fingerprint density at radius 2 is 2.03 bits per heavy atom. The number of hydrogen-bond acceptors (Lipinski definition) is 6. The lowest BCUT2D eigenvalue weighted by molar-refractivity contribution is -0.143. The predicted molar refractivity (Wildman–Crippen MR) is 115 cm³/mol. The van der Waals surface area contributed by atoms with Crippen molar-refractivity contribution >= 4 is 47.0 Å². The van der Waals surface area contributed by atoms with Crippen LogP contribution in [-0.2, 0) is 25.5 Å². The molecule has 1 aromatic carbocycles. The molecule has 0 radical (unpaired) electrons. The zero-order chi connectivity index (χ0) is 21.8. The number of fused-ring (bicyclic) bond motifs is 1. The van der Waals surface area contributed by atoms with E-state index in [0.29, 0.717) is 29.3 Å². The van der Waals surface area contributed by atoms with E-state index in [1.807, 2.05) is 6.26 Å². The van der Waals surface area contributed by atoms with E-state index in [1.54, 1.807) is 50.7 Å². The van der Waals surface area contributed by atoms with Crippen LogP contribution >= 0.6 is 23.4 Å². The number of nitrogens with one attached hydrogen (secondary N) is 1. The third kappa shape index (κ3) is 6.02. The third-order valence-electron chi connectivity index (χ3n) is 4.34. The van der Waals surface area contributed by atoms with Crippen LogP contribution in [0.1, 0.15) is 32.8 Å². The van der Waals surface area contributed by atoms with Gasteiger partial charge in [-0.15, -0.1) is 0 Å². The maximum absolute atomic E-state index is 13.4. The molecule has 0 fully saturated rings. The van der Waals surface area contributed by atoms with Crippen LogP contribution in [0.4, 0.5) is 10.5 Å². The summed E-state index contributed by atoms with van der Waals surface area (Å²) in [5.74, 6) is -0.260. The SMILES string of the molecule is COC(=O)[C@H]1Cc2cc(Cl)ccc2N1C(=O)[C@H](CCSC)NC(=O)OC(C)(C)C. The molecule has 2 amide bonds. The number of amides is 2. The molecule has 160 valence electrons. The van der Waals surface area contributed by atoms with Crippen molar-refractivity contribution in [1.82, 2.24) is 5.32 Å². The number of thioether (sulfide) groups is 1. The molecule has 9 heteroatoms. The predicted octanol–water partition coefficient (Wildman–Crippen LogP) is 3.42. The van der Waals surface area contributed by atoms with E-state index in [1.165, 1.54) is 12.0 Å². The van der Waals surface area contributed by atoms with Gasteiger partial charge >= 0.3 is 12.1 Å². The van der Waals surface area contributed by atoms with Crippen molar-refractivity contribution in [3.05, 3.63) is 28.8 Å². The van der Waals surface area contributed by atoms with E-state index in [0.717, 1.165) is 5.56 Å². The lowest BCUT2D eigenvalue weighted by atomic mass is 10.1. The van der Waals surface area contributed by atoms with E-state index in [9.17, 15) is 14.4 Å². The second-order valence-electron chi connectivity index (χ2n) is 7.70. The molecule has 7 nitrogen and oxygen atoms in total. The number of nitrogens with zero attached hydrogens (tertiary/aromatic N) is 1. The van der Waals surface area contributed by atoms with Crippen molar-refractivity contribution < 1.29 is 23.9 Å². The summed E-state index contributed by atoms with van der Waals surface area (Å²) in [5.41, 5.74) is 0.681. The second-order valence-corrected chi connectivity index (χ2v) is 9.13. The van der Waals surface area contributed by atoms with Crippen molar-refractivity contribution in [2.24, 2.45) is 0 Å². The van der Waals surface area contributed by atoms with Gasteiger partial charge in [0.15, 0.2) is 0 Å². The lowest BCUT2D eigenvalue weighted by Crippen LogP contribution is -2.54. The van der Waals surface area contributed by atoms with Crippen LogP contribution in [0.25, 0.3) is 0 Å². The van der Waals surface area contributed by atoms with E-state index in [-0.39, 0.29) is 5.91 Å². The van der Waals surface area contributed by atoms with Crippen LogP contribution in [0.2, 0.25) is 5.02 Å². The van der Waals surface area contributed by atoms with Crippen LogP contribution in [0, 0.1) is 0 Å². The van der Waals surface area contributed by atoms with Gasteiger partial charge in [0.1, 0.15) is 17.7 Å². The second kappa shape index (κ2) is 9.71. The van der Waals surface area contributed by atoms with Crippen molar-refractivity contribution in [2.45, 2.75) is 51.3 Å². The molecule has 0 bridgehead atoms. The number of methoxy groups -OCH3 is 1. The zero-order valence-electron chi connectivity index (χ0n) is 17.3. The Morgan fingerprint density at radius 3 is 2.62 bits per heavy atom. The number of carbonyl (C=O) groups excluding carboxylic acids is 3. The summed E-state index contributed by atoms with van der Waals surface area (Å²) in [6.45, 7) is 5.25. The van der Waals surface area contributed by atoms with Crippen LogP contribution in [0.3, 0.4) is 0 Å². The Balaban J connectivity index is 2.33. The lowest BCUT2D eigenvalue weighted by Gasteiger charge is -2.29. The van der Waals surface area contributed by atoms with E-state index >= 15 is 0 Å².